The molecule has 0 unspecified atom stereocenters. The summed E-state index contributed by atoms with van der Waals surface area (Å²) >= 11 is 5.83. The number of nitrogens with one attached hydrogen (secondary N) is 3. The molecule has 1 aromatic carbocycles. The SMILES string of the molecule is O=C(N[C@@H]1CNC[C@H]1c1ccc(Cl)c(F)c1)N1CCc2cnc(NC3CCOCC3)nc2C1. The highest BCUT2D eigenvalue weighted by Crippen LogP contribution is 2.27. The molecule has 0 bridgehead atoms. The van der Waals surface area contributed by atoms with Gasteiger partial charge in [0.2, 0.25) is 5.95 Å². The first-order chi connectivity index (χ1) is 16.1. The van der Waals surface area contributed by atoms with Gasteiger partial charge in [-0.05, 0) is 42.5 Å². The summed E-state index contributed by atoms with van der Waals surface area (Å²) in [5, 5.41) is 9.94. The van der Waals surface area contributed by atoms with Gasteiger partial charge in [0.25, 0.3) is 0 Å². The third-order valence-corrected chi connectivity index (χ3v) is 6.99. The number of hydrogen-bond donors (Lipinski definition) is 3. The lowest BCUT2D eigenvalue weighted by Gasteiger charge is -2.31. The maximum Gasteiger partial charge on any atom is 0.318 e. The van der Waals surface area contributed by atoms with Crippen LogP contribution in [0.2, 0.25) is 5.02 Å². The van der Waals surface area contributed by atoms with Crippen LogP contribution in [-0.2, 0) is 17.7 Å². The molecule has 8 nitrogen and oxygen atoms in total. The molecule has 2 fully saturated rings. The van der Waals surface area contributed by atoms with Gasteiger partial charge in [-0.2, -0.15) is 0 Å². The summed E-state index contributed by atoms with van der Waals surface area (Å²) in [6.07, 6.45) is 4.45. The Hall–Kier alpha value is -2.49. The first kappa shape index (κ1) is 22.3. The molecule has 0 radical (unpaired) electrons. The quantitative estimate of drug-likeness (QED) is 0.631. The number of anilines is 1. The molecular formula is C23H28ClFN6O2. The zero-order valence-electron chi connectivity index (χ0n) is 18.3. The van der Waals surface area contributed by atoms with E-state index in [-0.39, 0.29) is 23.0 Å². The largest absolute Gasteiger partial charge is 0.381 e. The molecule has 2 aromatic rings. The van der Waals surface area contributed by atoms with Crippen molar-refractivity contribution in [2.75, 3.05) is 38.2 Å². The number of aromatic nitrogens is 2. The fraction of sp³-hybridized carbons (Fsp3) is 0.522. The van der Waals surface area contributed by atoms with Crippen molar-refractivity contribution in [3.05, 3.63) is 52.1 Å². The molecule has 0 saturated carbocycles. The summed E-state index contributed by atoms with van der Waals surface area (Å²) in [7, 11) is 0. The zero-order valence-corrected chi connectivity index (χ0v) is 19.1. The maximum absolute atomic E-state index is 14.0. The smallest absolute Gasteiger partial charge is 0.318 e. The molecule has 2 amide bonds. The van der Waals surface area contributed by atoms with Gasteiger partial charge in [0.15, 0.2) is 0 Å². The zero-order chi connectivity index (χ0) is 22.8. The third-order valence-electron chi connectivity index (χ3n) is 6.68. The van der Waals surface area contributed by atoms with E-state index in [0.29, 0.717) is 38.2 Å². The minimum Gasteiger partial charge on any atom is -0.381 e. The number of carbonyl (C=O) groups is 1. The van der Waals surface area contributed by atoms with E-state index in [9.17, 15) is 9.18 Å². The maximum atomic E-state index is 14.0. The van der Waals surface area contributed by atoms with Crippen LogP contribution < -0.4 is 16.0 Å². The molecule has 0 spiro atoms. The number of halogens is 2. The molecule has 0 aliphatic carbocycles. The number of rotatable bonds is 4. The average Bonchev–Trinajstić information content (AvgIpc) is 3.29. The first-order valence-corrected chi connectivity index (χ1v) is 11.8. The fourth-order valence-electron chi connectivity index (χ4n) is 4.74. The Morgan fingerprint density at radius 1 is 1.27 bits per heavy atom. The Bertz CT molecular complexity index is 1020. The molecule has 1 aromatic heterocycles. The Morgan fingerprint density at radius 2 is 2.12 bits per heavy atom. The van der Waals surface area contributed by atoms with Crippen LogP contribution in [-0.4, -0.2) is 65.8 Å². The molecule has 3 aliphatic rings. The molecule has 33 heavy (non-hydrogen) atoms. The highest BCUT2D eigenvalue weighted by Gasteiger charge is 2.32. The van der Waals surface area contributed by atoms with Gasteiger partial charge < -0.3 is 25.6 Å². The van der Waals surface area contributed by atoms with Gasteiger partial charge >= 0.3 is 6.03 Å². The fourth-order valence-corrected chi connectivity index (χ4v) is 4.86. The number of urea groups is 1. The van der Waals surface area contributed by atoms with Crippen molar-refractivity contribution >= 4 is 23.6 Å². The van der Waals surface area contributed by atoms with Gasteiger partial charge in [0.1, 0.15) is 5.82 Å². The number of ether oxygens (including phenoxy) is 1. The topological polar surface area (TPSA) is 91.4 Å². The van der Waals surface area contributed by atoms with Crippen LogP contribution in [0, 0.1) is 5.82 Å². The van der Waals surface area contributed by atoms with Crippen LogP contribution in [0.15, 0.2) is 24.4 Å². The second kappa shape index (κ2) is 9.79. The molecule has 10 heteroatoms. The highest BCUT2D eigenvalue weighted by atomic mass is 35.5. The lowest BCUT2D eigenvalue weighted by molar-refractivity contribution is 0.0903. The number of hydrogen-bond acceptors (Lipinski definition) is 6. The van der Waals surface area contributed by atoms with E-state index in [1.807, 2.05) is 12.3 Å². The van der Waals surface area contributed by atoms with Gasteiger partial charge in [0.05, 0.1) is 23.3 Å². The van der Waals surface area contributed by atoms with Crippen molar-refractivity contribution in [1.29, 1.82) is 0 Å². The number of amides is 2. The summed E-state index contributed by atoms with van der Waals surface area (Å²) < 4.78 is 19.4. The summed E-state index contributed by atoms with van der Waals surface area (Å²) in [5.74, 6) is 0.145. The highest BCUT2D eigenvalue weighted by molar-refractivity contribution is 6.30. The van der Waals surface area contributed by atoms with Crippen molar-refractivity contribution in [3.63, 3.8) is 0 Å². The van der Waals surface area contributed by atoms with Crippen molar-refractivity contribution in [3.8, 4) is 0 Å². The molecule has 2 saturated heterocycles. The number of carbonyl (C=O) groups excluding carboxylic acids is 1. The second-order valence-electron chi connectivity index (χ2n) is 8.86. The molecular weight excluding hydrogens is 447 g/mol. The lowest BCUT2D eigenvalue weighted by atomic mass is 9.94. The summed E-state index contributed by atoms with van der Waals surface area (Å²) in [4.78, 5) is 24.0. The predicted molar refractivity (Wildman–Crippen MR) is 123 cm³/mol. The van der Waals surface area contributed by atoms with Crippen LogP contribution in [0.3, 0.4) is 0 Å². The Morgan fingerprint density at radius 3 is 2.94 bits per heavy atom. The normalized spacial score (nSPS) is 23.3. The number of nitrogens with zero attached hydrogens (tertiary/aromatic N) is 3. The summed E-state index contributed by atoms with van der Waals surface area (Å²) in [5.41, 5.74) is 2.78. The van der Waals surface area contributed by atoms with Crippen LogP contribution in [0.4, 0.5) is 15.1 Å². The van der Waals surface area contributed by atoms with E-state index in [2.05, 4.69) is 20.9 Å². The van der Waals surface area contributed by atoms with Crippen molar-refractivity contribution in [1.82, 2.24) is 25.5 Å². The van der Waals surface area contributed by atoms with Crippen LogP contribution in [0.1, 0.15) is 35.6 Å². The standard InChI is InChI=1S/C23H28ClFN6O2/c24-18-2-1-14(9-19(18)25)17-11-26-12-20(17)30-23(32)31-6-3-15-10-27-22(29-21(15)13-31)28-16-4-7-33-8-5-16/h1-2,9-10,16-17,20,26H,3-8,11-13H2,(H,30,32)(H,27,28,29)/t17-,20+/m0/s1. The van der Waals surface area contributed by atoms with Crippen LogP contribution in [0.25, 0.3) is 0 Å². The van der Waals surface area contributed by atoms with Crippen LogP contribution >= 0.6 is 11.6 Å². The van der Waals surface area contributed by atoms with Gasteiger partial charge in [-0.15, -0.1) is 0 Å². The van der Waals surface area contributed by atoms with E-state index in [1.165, 1.54) is 6.07 Å². The van der Waals surface area contributed by atoms with Crippen molar-refractivity contribution < 1.29 is 13.9 Å². The molecule has 5 rings (SSSR count). The van der Waals surface area contributed by atoms with Crippen LogP contribution in [0.5, 0.6) is 0 Å². The first-order valence-electron chi connectivity index (χ1n) is 11.5. The molecule has 3 aliphatic heterocycles. The molecule has 176 valence electrons. The summed E-state index contributed by atoms with van der Waals surface area (Å²) in [6.45, 7) is 3.84. The van der Waals surface area contributed by atoms with E-state index in [4.69, 9.17) is 21.3 Å². The minimum atomic E-state index is -0.441. The number of fused-ring (bicyclic) bond motifs is 1. The van der Waals surface area contributed by atoms with Crippen molar-refractivity contribution in [2.45, 2.75) is 43.8 Å². The predicted octanol–water partition coefficient (Wildman–Crippen LogP) is 2.68. The third kappa shape index (κ3) is 5.05. The molecule has 3 N–H and O–H groups in total. The lowest BCUT2D eigenvalue weighted by Crippen LogP contribution is -2.48. The van der Waals surface area contributed by atoms with E-state index in [0.717, 1.165) is 49.3 Å². The van der Waals surface area contributed by atoms with Gasteiger partial charge in [-0.25, -0.2) is 19.2 Å². The average molecular weight is 475 g/mol. The van der Waals surface area contributed by atoms with E-state index < -0.39 is 5.82 Å². The monoisotopic (exact) mass is 474 g/mol. The van der Waals surface area contributed by atoms with E-state index >= 15 is 0 Å². The second-order valence-corrected chi connectivity index (χ2v) is 9.27. The van der Waals surface area contributed by atoms with Gasteiger partial charge in [-0.3, -0.25) is 0 Å². The molecule has 2 atom stereocenters. The summed E-state index contributed by atoms with van der Waals surface area (Å²) in [6, 6.07) is 4.89. The van der Waals surface area contributed by atoms with Gasteiger partial charge in [-0.1, -0.05) is 17.7 Å². The number of benzene rings is 1. The Balaban J connectivity index is 1.23. The molecule has 4 heterocycles. The van der Waals surface area contributed by atoms with Gasteiger partial charge in [0, 0.05) is 51.0 Å². The minimum absolute atomic E-state index is 0.0182. The van der Waals surface area contributed by atoms with E-state index in [1.54, 1.807) is 11.0 Å². The Kier molecular flexibility index (Phi) is 6.62. The van der Waals surface area contributed by atoms with Crippen molar-refractivity contribution in [2.24, 2.45) is 0 Å². The Labute approximate surface area is 197 Å².